The highest BCUT2D eigenvalue weighted by Crippen LogP contribution is 2.16. The molecule has 0 aliphatic carbocycles. The molecule has 0 aromatic heterocycles. The highest BCUT2D eigenvalue weighted by molar-refractivity contribution is 14.1. The summed E-state index contributed by atoms with van der Waals surface area (Å²) in [6.45, 7) is 0.166. The molecule has 0 saturated heterocycles. The Kier molecular flexibility index (Phi) is 18.6. The lowest BCUT2D eigenvalue weighted by atomic mass is 10.1. The first-order valence-electron chi connectivity index (χ1n) is 18.5. The molecule has 3 amide bonds. The van der Waals surface area contributed by atoms with Gasteiger partial charge < -0.3 is 44.4 Å². The number of carbonyl (C=O) groups is 5. The van der Waals surface area contributed by atoms with Crippen LogP contribution in [0.5, 0.6) is 17.2 Å². The number of nitrogens with one attached hydrogen (secondary N) is 3. The number of ether oxygens (including phenoxy) is 6. The molecule has 0 fully saturated rings. The molecule has 15 heteroatoms. The second kappa shape index (κ2) is 24.0. The SMILES string of the molecule is COc1ccc(COC(=O)CCC(NC(=O)NC(CCCCNC(=O)c2ccc(I)cc2)C(=O)OCc2ccc(OC)cc2)C(=O)OCc2ccc(OC)cc2)cc1. The Hall–Kier alpha value is -5.84. The molecule has 0 heterocycles. The monoisotopic (exact) mass is 909 g/mol. The van der Waals surface area contributed by atoms with Crippen molar-refractivity contribution in [2.75, 3.05) is 27.9 Å². The van der Waals surface area contributed by atoms with Gasteiger partial charge in [0.25, 0.3) is 5.91 Å². The number of benzene rings is 4. The van der Waals surface area contributed by atoms with E-state index in [0.717, 1.165) is 9.13 Å². The van der Waals surface area contributed by atoms with Gasteiger partial charge in [0, 0.05) is 22.1 Å². The van der Waals surface area contributed by atoms with Gasteiger partial charge in [-0.25, -0.2) is 14.4 Å². The van der Waals surface area contributed by atoms with Crippen molar-refractivity contribution in [1.29, 1.82) is 0 Å². The van der Waals surface area contributed by atoms with Crippen molar-refractivity contribution >= 4 is 52.4 Å². The summed E-state index contributed by atoms with van der Waals surface area (Å²) >= 11 is 2.16. The van der Waals surface area contributed by atoms with Gasteiger partial charge in [-0.2, -0.15) is 0 Å². The minimum absolute atomic E-state index is 0.000991. The Balaban J connectivity index is 1.39. The average Bonchev–Trinajstić information content (AvgIpc) is 3.25. The predicted octanol–water partition coefficient (Wildman–Crippen LogP) is 6.26. The van der Waals surface area contributed by atoms with Crippen LogP contribution in [0.2, 0.25) is 0 Å². The first-order chi connectivity index (χ1) is 28.1. The van der Waals surface area contributed by atoms with E-state index in [-0.39, 0.29) is 45.0 Å². The van der Waals surface area contributed by atoms with E-state index < -0.39 is 36.0 Å². The molecule has 58 heavy (non-hydrogen) atoms. The fraction of sp³-hybridized carbons (Fsp3) is 0.326. The predicted molar refractivity (Wildman–Crippen MR) is 222 cm³/mol. The van der Waals surface area contributed by atoms with Crippen LogP contribution in [0.15, 0.2) is 97.1 Å². The van der Waals surface area contributed by atoms with E-state index in [1.807, 2.05) is 12.1 Å². The third-order valence-corrected chi connectivity index (χ3v) is 9.49. The molecule has 0 bridgehead atoms. The Bertz CT molecular complexity index is 1920. The van der Waals surface area contributed by atoms with Crippen molar-refractivity contribution in [2.45, 2.75) is 64.0 Å². The summed E-state index contributed by atoms with van der Waals surface area (Å²) in [5.74, 6) is -0.387. The maximum Gasteiger partial charge on any atom is 0.329 e. The summed E-state index contributed by atoms with van der Waals surface area (Å²) in [5.41, 5.74) is 2.64. The van der Waals surface area contributed by atoms with Crippen molar-refractivity contribution in [3.63, 3.8) is 0 Å². The summed E-state index contributed by atoms with van der Waals surface area (Å²) in [7, 11) is 4.64. The zero-order chi connectivity index (χ0) is 41.7. The third kappa shape index (κ3) is 15.6. The van der Waals surface area contributed by atoms with Crippen LogP contribution < -0.4 is 30.2 Å². The van der Waals surface area contributed by atoms with Crippen LogP contribution in [0.4, 0.5) is 4.79 Å². The van der Waals surface area contributed by atoms with Crippen molar-refractivity contribution in [3.05, 3.63) is 123 Å². The average molecular weight is 910 g/mol. The van der Waals surface area contributed by atoms with Crippen LogP contribution >= 0.6 is 22.6 Å². The number of halogens is 1. The van der Waals surface area contributed by atoms with Crippen LogP contribution in [-0.2, 0) is 48.4 Å². The van der Waals surface area contributed by atoms with Gasteiger partial charge in [0.1, 0.15) is 49.2 Å². The molecule has 3 N–H and O–H groups in total. The molecular weight excluding hydrogens is 861 g/mol. The molecule has 4 rings (SSSR count). The summed E-state index contributed by atoms with van der Waals surface area (Å²) in [6, 6.07) is 24.8. The summed E-state index contributed by atoms with van der Waals surface area (Å²) in [4.78, 5) is 65.6. The number of amides is 3. The first-order valence-corrected chi connectivity index (χ1v) is 19.6. The van der Waals surface area contributed by atoms with Crippen molar-refractivity contribution in [3.8, 4) is 17.2 Å². The van der Waals surface area contributed by atoms with E-state index in [9.17, 15) is 24.0 Å². The molecule has 4 aromatic carbocycles. The third-order valence-electron chi connectivity index (χ3n) is 8.77. The number of rotatable bonds is 22. The normalized spacial score (nSPS) is 11.6. The molecular formula is C43H48IN3O11. The molecule has 0 radical (unpaired) electrons. The molecule has 0 aliphatic heterocycles. The molecule has 0 saturated carbocycles. The van der Waals surface area contributed by atoms with Gasteiger partial charge in [0.2, 0.25) is 0 Å². The van der Waals surface area contributed by atoms with Crippen LogP contribution in [0.25, 0.3) is 0 Å². The fourth-order valence-electron chi connectivity index (χ4n) is 5.41. The van der Waals surface area contributed by atoms with Gasteiger partial charge in [0.05, 0.1) is 21.3 Å². The zero-order valence-corrected chi connectivity index (χ0v) is 34.8. The van der Waals surface area contributed by atoms with Crippen LogP contribution in [0, 0.1) is 3.57 Å². The number of hydrogen-bond donors (Lipinski definition) is 3. The summed E-state index contributed by atoms with van der Waals surface area (Å²) in [6.07, 6.45) is 0.727. The van der Waals surface area contributed by atoms with Crippen molar-refractivity contribution < 1.29 is 52.4 Å². The highest BCUT2D eigenvalue weighted by atomic mass is 127. The Morgan fingerprint density at radius 3 is 1.43 bits per heavy atom. The van der Waals surface area contributed by atoms with Gasteiger partial charge in [-0.15, -0.1) is 0 Å². The van der Waals surface area contributed by atoms with Crippen LogP contribution in [0.3, 0.4) is 0 Å². The molecule has 2 unspecified atom stereocenters. The van der Waals surface area contributed by atoms with Gasteiger partial charge in [-0.3, -0.25) is 9.59 Å². The molecule has 2 atom stereocenters. The largest absolute Gasteiger partial charge is 0.497 e. The number of esters is 3. The second-order valence-corrected chi connectivity index (χ2v) is 14.2. The van der Waals surface area contributed by atoms with E-state index in [1.165, 1.54) is 7.11 Å². The lowest BCUT2D eigenvalue weighted by molar-refractivity contribution is -0.149. The van der Waals surface area contributed by atoms with Gasteiger partial charge in [-0.1, -0.05) is 36.4 Å². The molecule has 14 nitrogen and oxygen atoms in total. The van der Waals surface area contributed by atoms with E-state index >= 15 is 0 Å². The minimum Gasteiger partial charge on any atom is -0.497 e. The lowest BCUT2D eigenvalue weighted by Crippen LogP contribution is -2.51. The number of unbranched alkanes of at least 4 members (excludes halogenated alkanes) is 1. The van der Waals surface area contributed by atoms with Gasteiger partial charge >= 0.3 is 23.9 Å². The molecule has 308 valence electrons. The quantitative estimate of drug-likeness (QED) is 0.0351. The van der Waals surface area contributed by atoms with Crippen molar-refractivity contribution in [1.82, 2.24) is 16.0 Å². The van der Waals surface area contributed by atoms with Crippen LogP contribution in [-0.4, -0.2) is 69.8 Å². The fourth-order valence-corrected chi connectivity index (χ4v) is 5.77. The number of methoxy groups -OCH3 is 3. The Morgan fingerprint density at radius 1 is 0.552 bits per heavy atom. The molecule has 0 spiro atoms. The highest BCUT2D eigenvalue weighted by Gasteiger charge is 2.28. The van der Waals surface area contributed by atoms with Gasteiger partial charge in [-0.05, 0) is 126 Å². The number of carbonyl (C=O) groups excluding carboxylic acids is 5. The first kappa shape index (κ1) is 44.9. The van der Waals surface area contributed by atoms with E-state index in [4.69, 9.17) is 28.4 Å². The maximum atomic E-state index is 13.5. The van der Waals surface area contributed by atoms with Crippen molar-refractivity contribution in [2.24, 2.45) is 0 Å². The molecule has 4 aromatic rings. The van der Waals surface area contributed by atoms with E-state index in [2.05, 4.69) is 38.5 Å². The minimum atomic E-state index is -1.28. The second-order valence-electron chi connectivity index (χ2n) is 12.9. The lowest BCUT2D eigenvalue weighted by Gasteiger charge is -2.21. The Morgan fingerprint density at radius 2 is 0.983 bits per heavy atom. The van der Waals surface area contributed by atoms with Crippen LogP contribution in [0.1, 0.15) is 59.2 Å². The smallest absolute Gasteiger partial charge is 0.329 e. The molecule has 0 aliphatic rings. The summed E-state index contributed by atoms with van der Waals surface area (Å²) in [5, 5.41) is 8.08. The summed E-state index contributed by atoms with van der Waals surface area (Å²) < 4.78 is 33.1. The standard InChI is InChI=1S/C43H48IN3O11/c1-53-34-17-7-29(8-18-34)26-56-39(48)24-23-38(42(51)58-28-31-11-21-36(55-3)22-12-31)47-43(52)46-37(41(50)57-27-30-9-19-35(54-2)20-10-30)6-4-5-25-45-40(49)32-13-15-33(44)16-14-32/h7-22,37-38H,4-6,23-28H2,1-3H3,(H,45,49)(H2,46,47,52). The van der Waals surface area contributed by atoms with E-state index in [0.29, 0.717) is 53.3 Å². The maximum absolute atomic E-state index is 13.5. The number of urea groups is 1. The number of hydrogen-bond acceptors (Lipinski definition) is 11. The topological polar surface area (TPSA) is 177 Å². The Labute approximate surface area is 351 Å². The van der Waals surface area contributed by atoms with Gasteiger partial charge in [0.15, 0.2) is 0 Å². The zero-order valence-electron chi connectivity index (χ0n) is 32.6. The van der Waals surface area contributed by atoms with E-state index in [1.54, 1.807) is 99.1 Å².